The van der Waals surface area contributed by atoms with Gasteiger partial charge in [0.2, 0.25) is 0 Å². The molecule has 0 aromatic heterocycles. The molecule has 18 heavy (non-hydrogen) atoms. The molecule has 0 atom stereocenters. The van der Waals surface area contributed by atoms with E-state index in [1.165, 1.54) is 5.56 Å². The number of hydrogen-bond acceptors (Lipinski definition) is 2. The smallest absolute Gasteiger partial charge is 0.123 e. The maximum absolute atomic E-state index is 6.20. The van der Waals surface area contributed by atoms with Crippen LogP contribution in [0.5, 0.6) is 5.75 Å². The van der Waals surface area contributed by atoms with Gasteiger partial charge < -0.3 is 10.1 Å². The zero-order valence-corrected chi connectivity index (χ0v) is 12.6. The standard InChI is InChI=1S/C16H27NO/c1-7-17-12-16(5,6)18-14-11-9-8-10-13(14)15(2,3)4/h8-11,17H,7,12H2,1-6H3. The SMILES string of the molecule is CCNCC(C)(C)Oc1ccccc1C(C)(C)C. The summed E-state index contributed by atoms with van der Waals surface area (Å²) in [5.41, 5.74) is 1.16. The second kappa shape index (κ2) is 5.75. The zero-order valence-electron chi connectivity index (χ0n) is 12.6. The van der Waals surface area contributed by atoms with Crippen LogP contribution >= 0.6 is 0 Å². The minimum absolute atomic E-state index is 0.102. The van der Waals surface area contributed by atoms with Crippen LogP contribution in [0.1, 0.15) is 47.1 Å². The van der Waals surface area contributed by atoms with E-state index in [0.29, 0.717) is 0 Å². The van der Waals surface area contributed by atoms with Gasteiger partial charge in [-0.25, -0.2) is 0 Å². The van der Waals surface area contributed by atoms with E-state index in [1.54, 1.807) is 0 Å². The van der Waals surface area contributed by atoms with Gasteiger partial charge in [-0.15, -0.1) is 0 Å². The topological polar surface area (TPSA) is 21.3 Å². The van der Waals surface area contributed by atoms with Crippen molar-refractivity contribution >= 4 is 0 Å². The summed E-state index contributed by atoms with van der Waals surface area (Å²) >= 11 is 0. The van der Waals surface area contributed by atoms with Crippen molar-refractivity contribution in [3.05, 3.63) is 29.8 Å². The Bertz CT molecular complexity index is 377. The molecule has 0 amide bonds. The highest BCUT2D eigenvalue weighted by molar-refractivity contribution is 5.38. The summed E-state index contributed by atoms with van der Waals surface area (Å²) in [7, 11) is 0. The van der Waals surface area contributed by atoms with Crippen molar-refractivity contribution < 1.29 is 4.74 Å². The molecule has 0 spiro atoms. The number of ether oxygens (including phenoxy) is 1. The first kappa shape index (κ1) is 15.0. The number of benzene rings is 1. The number of likely N-dealkylation sites (N-methyl/N-ethyl adjacent to an activating group) is 1. The van der Waals surface area contributed by atoms with E-state index in [4.69, 9.17) is 4.74 Å². The van der Waals surface area contributed by atoms with Crippen LogP contribution in [-0.4, -0.2) is 18.7 Å². The number of para-hydroxylation sites is 1. The second-order valence-corrected chi connectivity index (χ2v) is 6.39. The first-order valence-electron chi connectivity index (χ1n) is 6.75. The van der Waals surface area contributed by atoms with Gasteiger partial charge in [-0.1, -0.05) is 45.9 Å². The molecule has 0 fully saturated rings. The molecule has 102 valence electrons. The van der Waals surface area contributed by atoms with Gasteiger partial charge in [0.25, 0.3) is 0 Å². The van der Waals surface area contributed by atoms with Gasteiger partial charge >= 0.3 is 0 Å². The molecule has 2 heteroatoms. The quantitative estimate of drug-likeness (QED) is 0.858. The third-order valence-corrected chi connectivity index (χ3v) is 2.88. The van der Waals surface area contributed by atoms with E-state index in [1.807, 2.05) is 6.07 Å². The summed E-state index contributed by atoms with van der Waals surface area (Å²) in [5, 5.41) is 3.34. The second-order valence-electron chi connectivity index (χ2n) is 6.39. The maximum Gasteiger partial charge on any atom is 0.123 e. The van der Waals surface area contributed by atoms with Crippen LogP contribution in [0.2, 0.25) is 0 Å². The van der Waals surface area contributed by atoms with Crippen molar-refractivity contribution in [1.82, 2.24) is 5.32 Å². The van der Waals surface area contributed by atoms with Crippen LogP contribution in [0.3, 0.4) is 0 Å². The van der Waals surface area contributed by atoms with Crippen LogP contribution in [-0.2, 0) is 5.41 Å². The summed E-state index contributed by atoms with van der Waals surface area (Å²) in [6.45, 7) is 14.8. The summed E-state index contributed by atoms with van der Waals surface area (Å²) in [6, 6.07) is 8.32. The van der Waals surface area contributed by atoms with Crippen LogP contribution in [0.25, 0.3) is 0 Å². The molecule has 0 radical (unpaired) electrons. The van der Waals surface area contributed by atoms with Crippen molar-refractivity contribution in [2.75, 3.05) is 13.1 Å². The molecule has 2 nitrogen and oxygen atoms in total. The van der Waals surface area contributed by atoms with Crippen LogP contribution in [0.4, 0.5) is 0 Å². The summed E-state index contributed by atoms with van der Waals surface area (Å²) in [4.78, 5) is 0. The molecule has 0 saturated heterocycles. The Morgan fingerprint density at radius 1 is 1.06 bits per heavy atom. The number of nitrogens with one attached hydrogen (secondary N) is 1. The van der Waals surface area contributed by atoms with E-state index in [9.17, 15) is 0 Å². The molecule has 1 N–H and O–H groups in total. The summed E-state index contributed by atoms with van der Waals surface area (Å²) in [6.07, 6.45) is 0. The number of rotatable bonds is 5. The average Bonchev–Trinajstić information content (AvgIpc) is 2.25. The molecule has 0 aliphatic carbocycles. The van der Waals surface area contributed by atoms with Gasteiger partial charge in [0.1, 0.15) is 11.4 Å². The van der Waals surface area contributed by atoms with Crippen molar-refractivity contribution in [2.24, 2.45) is 0 Å². The normalized spacial score (nSPS) is 12.6. The van der Waals surface area contributed by atoms with E-state index in [2.05, 4.69) is 65.1 Å². The van der Waals surface area contributed by atoms with Crippen LogP contribution < -0.4 is 10.1 Å². The Morgan fingerprint density at radius 3 is 2.22 bits per heavy atom. The highest BCUT2D eigenvalue weighted by Gasteiger charge is 2.24. The fourth-order valence-corrected chi connectivity index (χ4v) is 1.94. The minimum Gasteiger partial charge on any atom is -0.486 e. The first-order chi connectivity index (χ1) is 8.26. The third-order valence-electron chi connectivity index (χ3n) is 2.88. The van der Waals surface area contributed by atoms with Gasteiger partial charge in [0.05, 0.1) is 0 Å². The Balaban J connectivity index is 2.91. The molecule has 0 aliphatic heterocycles. The van der Waals surface area contributed by atoms with Crippen LogP contribution in [0, 0.1) is 0 Å². The molecule has 0 unspecified atom stereocenters. The molecule has 1 aromatic carbocycles. The third kappa shape index (κ3) is 4.34. The molecule has 1 aromatic rings. The van der Waals surface area contributed by atoms with E-state index in [-0.39, 0.29) is 11.0 Å². The summed E-state index contributed by atoms with van der Waals surface area (Å²) in [5.74, 6) is 0.993. The van der Waals surface area contributed by atoms with Crippen molar-refractivity contribution in [2.45, 2.75) is 52.6 Å². The predicted molar refractivity (Wildman–Crippen MR) is 78.4 cm³/mol. The fraction of sp³-hybridized carbons (Fsp3) is 0.625. The van der Waals surface area contributed by atoms with Crippen molar-refractivity contribution in [3.63, 3.8) is 0 Å². The molecule has 0 saturated carbocycles. The highest BCUT2D eigenvalue weighted by atomic mass is 16.5. The number of hydrogen-bond donors (Lipinski definition) is 1. The van der Waals surface area contributed by atoms with Crippen molar-refractivity contribution in [1.29, 1.82) is 0 Å². The van der Waals surface area contributed by atoms with E-state index in [0.717, 1.165) is 18.8 Å². The van der Waals surface area contributed by atoms with E-state index < -0.39 is 0 Å². The van der Waals surface area contributed by atoms with E-state index >= 15 is 0 Å². The highest BCUT2D eigenvalue weighted by Crippen LogP contribution is 2.32. The predicted octanol–water partition coefficient (Wildman–Crippen LogP) is 3.75. The average molecular weight is 249 g/mol. The Labute approximate surface area is 112 Å². The van der Waals surface area contributed by atoms with Gasteiger partial charge in [0.15, 0.2) is 0 Å². The fourth-order valence-electron chi connectivity index (χ4n) is 1.94. The Kier molecular flexibility index (Phi) is 4.80. The lowest BCUT2D eigenvalue weighted by Gasteiger charge is -2.30. The lowest BCUT2D eigenvalue weighted by Crippen LogP contribution is -2.40. The minimum atomic E-state index is -0.197. The lowest BCUT2D eigenvalue weighted by molar-refractivity contribution is 0.106. The molecule has 0 heterocycles. The van der Waals surface area contributed by atoms with Gasteiger partial charge in [-0.05, 0) is 37.4 Å². The lowest BCUT2D eigenvalue weighted by atomic mass is 9.86. The summed E-state index contributed by atoms with van der Waals surface area (Å²) < 4.78 is 6.20. The zero-order chi connectivity index (χ0) is 13.8. The first-order valence-corrected chi connectivity index (χ1v) is 6.75. The van der Waals surface area contributed by atoms with Gasteiger partial charge in [0, 0.05) is 6.54 Å². The van der Waals surface area contributed by atoms with Gasteiger partial charge in [-0.3, -0.25) is 0 Å². The Hall–Kier alpha value is -1.02. The van der Waals surface area contributed by atoms with Gasteiger partial charge in [-0.2, -0.15) is 0 Å². The maximum atomic E-state index is 6.20. The van der Waals surface area contributed by atoms with Crippen molar-refractivity contribution in [3.8, 4) is 5.75 Å². The van der Waals surface area contributed by atoms with Crippen LogP contribution in [0.15, 0.2) is 24.3 Å². The largest absolute Gasteiger partial charge is 0.486 e. The molecule has 0 bridgehead atoms. The molecule has 0 aliphatic rings. The monoisotopic (exact) mass is 249 g/mol. The molecule has 1 rings (SSSR count). The molecular weight excluding hydrogens is 222 g/mol. The Morgan fingerprint density at radius 2 is 1.67 bits per heavy atom. The molecular formula is C16H27NO.